The maximum Gasteiger partial charge on any atom is 0.230 e. The Morgan fingerprint density at radius 1 is 1.41 bits per heavy atom. The topological polar surface area (TPSA) is 111 Å². The van der Waals surface area contributed by atoms with Gasteiger partial charge >= 0.3 is 0 Å². The smallest absolute Gasteiger partial charge is 0.230 e. The number of nitrogens with two attached hydrogens (primary N) is 2. The molecule has 0 saturated heterocycles. The van der Waals surface area contributed by atoms with Crippen molar-refractivity contribution in [2.24, 2.45) is 11.1 Å². The number of nitrogens with zero attached hydrogens (tertiary/aromatic N) is 1. The SMILES string of the molecule is CC(C)([CH]C(=O)Nc1cccc(N)n1)C(N)=O. The number of nitrogens with one attached hydrogen (secondary N) is 1. The van der Waals surface area contributed by atoms with Gasteiger partial charge in [0.2, 0.25) is 11.8 Å². The lowest BCUT2D eigenvalue weighted by Crippen LogP contribution is -2.35. The minimum absolute atomic E-state index is 0.303. The average Bonchev–Trinajstić information content (AvgIpc) is 2.15. The molecule has 1 rings (SSSR count). The van der Waals surface area contributed by atoms with Gasteiger partial charge in [0.15, 0.2) is 0 Å². The highest BCUT2D eigenvalue weighted by atomic mass is 16.2. The van der Waals surface area contributed by atoms with Gasteiger partial charge in [0.05, 0.1) is 11.8 Å². The average molecular weight is 235 g/mol. The Bertz CT molecular complexity index is 443. The lowest BCUT2D eigenvalue weighted by molar-refractivity contribution is -0.127. The van der Waals surface area contributed by atoms with Crippen LogP contribution < -0.4 is 16.8 Å². The van der Waals surface area contributed by atoms with Crippen LogP contribution in [0.1, 0.15) is 13.8 Å². The van der Waals surface area contributed by atoms with Crippen LogP contribution in [0.15, 0.2) is 18.2 Å². The van der Waals surface area contributed by atoms with Gasteiger partial charge in [-0.25, -0.2) is 4.98 Å². The van der Waals surface area contributed by atoms with Crippen molar-refractivity contribution in [1.29, 1.82) is 0 Å². The van der Waals surface area contributed by atoms with Crippen molar-refractivity contribution in [2.45, 2.75) is 13.8 Å². The maximum absolute atomic E-state index is 11.6. The molecule has 0 aliphatic heterocycles. The molecular formula is C11H15N4O2. The Balaban J connectivity index is 2.65. The number of nitrogen functional groups attached to an aromatic ring is 1. The van der Waals surface area contributed by atoms with E-state index in [9.17, 15) is 9.59 Å². The van der Waals surface area contributed by atoms with Gasteiger partial charge in [-0.2, -0.15) is 0 Å². The van der Waals surface area contributed by atoms with Crippen molar-refractivity contribution in [3.8, 4) is 0 Å². The largest absolute Gasteiger partial charge is 0.384 e. The van der Waals surface area contributed by atoms with E-state index in [1.165, 1.54) is 6.42 Å². The first kappa shape index (κ1) is 13.0. The number of pyridine rings is 1. The van der Waals surface area contributed by atoms with Gasteiger partial charge < -0.3 is 16.8 Å². The van der Waals surface area contributed by atoms with E-state index in [2.05, 4.69) is 10.3 Å². The molecule has 1 radical (unpaired) electrons. The fourth-order valence-electron chi connectivity index (χ4n) is 1.08. The van der Waals surface area contributed by atoms with E-state index in [1.54, 1.807) is 32.0 Å². The Kier molecular flexibility index (Phi) is 3.67. The van der Waals surface area contributed by atoms with Crippen LogP contribution in [0.5, 0.6) is 0 Å². The van der Waals surface area contributed by atoms with Crippen LogP contribution in [0, 0.1) is 11.8 Å². The van der Waals surface area contributed by atoms with Crippen molar-refractivity contribution in [1.82, 2.24) is 4.98 Å². The van der Waals surface area contributed by atoms with Gasteiger partial charge in [-0.3, -0.25) is 9.59 Å². The van der Waals surface area contributed by atoms with Crippen LogP contribution in [0.2, 0.25) is 0 Å². The fourth-order valence-corrected chi connectivity index (χ4v) is 1.08. The van der Waals surface area contributed by atoms with Gasteiger partial charge in [0.1, 0.15) is 11.6 Å². The first-order valence-corrected chi connectivity index (χ1v) is 5.00. The van der Waals surface area contributed by atoms with Crippen LogP contribution in [0.25, 0.3) is 0 Å². The van der Waals surface area contributed by atoms with Crippen LogP contribution in [0.4, 0.5) is 11.6 Å². The molecule has 0 unspecified atom stereocenters. The number of carbonyl (C=O) groups is 2. The van der Waals surface area contributed by atoms with E-state index in [-0.39, 0.29) is 0 Å². The van der Waals surface area contributed by atoms with Crippen LogP contribution in [-0.4, -0.2) is 16.8 Å². The van der Waals surface area contributed by atoms with E-state index in [0.29, 0.717) is 11.6 Å². The zero-order valence-electron chi connectivity index (χ0n) is 9.73. The highest BCUT2D eigenvalue weighted by molar-refractivity contribution is 6.01. The number of hydrogen-bond acceptors (Lipinski definition) is 4. The number of amides is 2. The molecule has 5 N–H and O–H groups in total. The zero-order chi connectivity index (χ0) is 13.1. The second kappa shape index (κ2) is 4.82. The molecule has 0 aliphatic rings. The third kappa shape index (κ3) is 3.75. The molecule has 6 heteroatoms. The molecule has 0 fully saturated rings. The first-order chi connectivity index (χ1) is 7.81. The predicted molar refractivity (Wildman–Crippen MR) is 64.6 cm³/mol. The maximum atomic E-state index is 11.6. The summed E-state index contributed by atoms with van der Waals surface area (Å²) in [5.74, 6) is -0.399. The van der Waals surface area contributed by atoms with E-state index >= 15 is 0 Å². The lowest BCUT2D eigenvalue weighted by atomic mass is 9.88. The summed E-state index contributed by atoms with van der Waals surface area (Å²) in [4.78, 5) is 26.5. The van der Waals surface area contributed by atoms with Gasteiger partial charge in [0.25, 0.3) is 0 Å². The number of anilines is 2. The number of aromatic nitrogens is 1. The van der Waals surface area contributed by atoms with Crippen molar-refractivity contribution in [3.05, 3.63) is 24.6 Å². The minimum atomic E-state index is -1.01. The summed E-state index contributed by atoms with van der Waals surface area (Å²) in [6, 6.07) is 4.86. The Labute approximate surface area is 99.4 Å². The van der Waals surface area contributed by atoms with Crippen molar-refractivity contribution in [2.75, 3.05) is 11.1 Å². The number of carbonyl (C=O) groups excluding carboxylic acids is 2. The fraction of sp³-hybridized carbons (Fsp3) is 0.273. The zero-order valence-corrected chi connectivity index (χ0v) is 9.73. The predicted octanol–water partition coefficient (Wildman–Crippen LogP) is 0.318. The molecule has 0 saturated carbocycles. The Morgan fingerprint density at radius 2 is 2.06 bits per heavy atom. The van der Waals surface area contributed by atoms with Crippen molar-refractivity contribution < 1.29 is 9.59 Å². The van der Waals surface area contributed by atoms with Crippen LogP contribution in [0.3, 0.4) is 0 Å². The molecule has 91 valence electrons. The molecule has 1 aromatic rings. The summed E-state index contributed by atoms with van der Waals surface area (Å²) in [6.07, 6.45) is 1.21. The molecule has 1 heterocycles. The monoisotopic (exact) mass is 235 g/mol. The second-order valence-corrected chi connectivity index (χ2v) is 4.17. The number of primary amides is 1. The van der Waals surface area contributed by atoms with Crippen molar-refractivity contribution >= 4 is 23.5 Å². The molecular weight excluding hydrogens is 220 g/mol. The Morgan fingerprint density at radius 3 is 2.59 bits per heavy atom. The molecule has 17 heavy (non-hydrogen) atoms. The number of rotatable bonds is 4. The molecule has 0 aromatic carbocycles. The lowest BCUT2D eigenvalue weighted by Gasteiger charge is -2.18. The summed E-state index contributed by atoms with van der Waals surface area (Å²) >= 11 is 0. The van der Waals surface area contributed by atoms with Crippen molar-refractivity contribution in [3.63, 3.8) is 0 Å². The number of hydrogen-bond donors (Lipinski definition) is 3. The van der Waals surface area contributed by atoms with Gasteiger partial charge in [-0.1, -0.05) is 19.9 Å². The van der Waals surface area contributed by atoms with Crippen LogP contribution in [-0.2, 0) is 9.59 Å². The molecule has 6 nitrogen and oxygen atoms in total. The molecule has 0 bridgehead atoms. The standard InChI is InChI=1S/C11H15N4O2/c1-11(2,10(13)17)6-9(16)15-8-5-3-4-7(12)14-8/h3-6H,1-2H3,(H2,13,17)(H3,12,14,15,16). The highest BCUT2D eigenvalue weighted by Crippen LogP contribution is 2.19. The molecule has 0 spiro atoms. The summed E-state index contributed by atoms with van der Waals surface area (Å²) in [5, 5.41) is 2.50. The summed E-state index contributed by atoms with van der Waals surface area (Å²) < 4.78 is 0. The van der Waals surface area contributed by atoms with E-state index < -0.39 is 17.2 Å². The van der Waals surface area contributed by atoms with Gasteiger partial charge in [-0.05, 0) is 12.1 Å². The molecule has 0 atom stereocenters. The van der Waals surface area contributed by atoms with Crippen LogP contribution >= 0.6 is 0 Å². The van der Waals surface area contributed by atoms with E-state index in [4.69, 9.17) is 11.5 Å². The second-order valence-electron chi connectivity index (χ2n) is 4.17. The first-order valence-electron chi connectivity index (χ1n) is 5.00. The Hall–Kier alpha value is -2.11. The summed E-state index contributed by atoms with van der Waals surface area (Å²) in [6.45, 7) is 3.11. The van der Waals surface area contributed by atoms with Gasteiger partial charge in [0, 0.05) is 0 Å². The summed E-state index contributed by atoms with van der Waals surface area (Å²) in [5.41, 5.74) is 9.60. The quantitative estimate of drug-likeness (QED) is 0.697. The van der Waals surface area contributed by atoms with E-state index in [0.717, 1.165) is 0 Å². The molecule has 1 aromatic heterocycles. The highest BCUT2D eigenvalue weighted by Gasteiger charge is 2.28. The minimum Gasteiger partial charge on any atom is -0.384 e. The molecule has 0 aliphatic carbocycles. The van der Waals surface area contributed by atoms with E-state index in [1.807, 2.05) is 0 Å². The third-order valence-corrected chi connectivity index (χ3v) is 2.15. The normalized spacial score (nSPS) is 10.9. The summed E-state index contributed by atoms with van der Waals surface area (Å²) in [7, 11) is 0. The van der Waals surface area contributed by atoms with Gasteiger partial charge in [-0.15, -0.1) is 0 Å². The third-order valence-electron chi connectivity index (χ3n) is 2.15. The molecule has 2 amide bonds.